The molecule has 0 aliphatic heterocycles. The van der Waals surface area contributed by atoms with Gasteiger partial charge in [-0.2, -0.15) is 18.4 Å². The third-order valence-electron chi connectivity index (χ3n) is 2.24. The predicted molar refractivity (Wildman–Crippen MR) is 58.7 cm³/mol. The Kier molecular flexibility index (Phi) is 4.38. The predicted octanol–water partition coefficient (Wildman–Crippen LogP) is 2.76. The van der Waals surface area contributed by atoms with Gasteiger partial charge in [-0.05, 0) is 19.1 Å². The van der Waals surface area contributed by atoms with E-state index in [1.807, 2.05) is 0 Å². The molecule has 0 fully saturated rings. The molecule has 1 aromatic rings. The van der Waals surface area contributed by atoms with Crippen molar-refractivity contribution in [2.24, 2.45) is 0 Å². The third-order valence-corrected chi connectivity index (χ3v) is 2.24. The monoisotopic (exact) mass is 273 g/mol. The molecule has 4 nitrogen and oxygen atoms in total. The Balaban J connectivity index is 3.46. The summed E-state index contributed by atoms with van der Waals surface area (Å²) in [5.41, 5.74) is -2.05. The van der Waals surface area contributed by atoms with Crippen LogP contribution in [0.1, 0.15) is 28.4 Å². The van der Waals surface area contributed by atoms with Crippen molar-refractivity contribution in [3.63, 3.8) is 0 Å². The van der Waals surface area contributed by atoms with Crippen LogP contribution in [0.4, 0.5) is 13.2 Å². The zero-order valence-electron chi connectivity index (χ0n) is 10.2. The summed E-state index contributed by atoms with van der Waals surface area (Å²) < 4.78 is 47.7. The van der Waals surface area contributed by atoms with Gasteiger partial charge >= 0.3 is 12.1 Å². The van der Waals surface area contributed by atoms with Gasteiger partial charge in [0.05, 0.1) is 30.9 Å². The molecule has 0 heterocycles. The highest BCUT2D eigenvalue weighted by Crippen LogP contribution is 2.39. The van der Waals surface area contributed by atoms with E-state index in [0.717, 1.165) is 19.2 Å². The molecule has 0 radical (unpaired) electrons. The van der Waals surface area contributed by atoms with Crippen molar-refractivity contribution in [3.05, 3.63) is 28.8 Å². The molecule has 0 saturated heterocycles. The topological polar surface area (TPSA) is 59.3 Å². The number of rotatable bonds is 3. The second-order valence-electron chi connectivity index (χ2n) is 3.43. The van der Waals surface area contributed by atoms with Crippen LogP contribution in [-0.2, 0) is 10.9 Å². The maximum absolute atomic E-state index is 12.8. The number of alkyl halides is 3. The van der Waals surface area contributed by atoms with Crippen molar-refractivity contribution in [1.82, 2.24) is 0 Å². The van der Waals surface area contributed by atoms with E-state index in [4.69, 9.17) is 5.26 Å². The molecule has 0 bridgehead atoms. The molecule has 0 saturated carbocycles. The number of hydrogen-bond donors (Lipinski definition) is 0. The molecule has 7 heteroatoms. The van der Waals surface area contributed by atoms with E-state index in [0.29, 0.717) is 0 Å². The molecule has 0 amide bonds. The lowest BCUT2D eigenvalue weighted by atomic mass is 10.0. The van der Waals surface area contributed by atoms with Crippen molar-refractivity contribution in [1.29, 1.82) is 5.26 Å². The van der Waals surface area contributed by atoms with Crippen LogP contribution in [0.15, 0.2) is 12.1 Å². The first-order valence-electron chi connectivity index (χ1n) is 5.21. The smallest absolute Gasteiger partial charge is 0.421 e. The highest BCUT2D eigenvalue weighted by atomic mass is 19.4. The van der Waals surface area contributed by atoms with Gasteiger partial charge in [-0.25, -0.2) is 4.79 Å². The number of nitriles is 1. The van der Waals surface area contributed by atoms with Crippen LogP contribution >= 0.6 is 0 Å². The van der Waals surface area contributed by atoms with Gasteiger partial charge in [0, 0.05) is 0 Å². The Hall–Kier alpha value is -2.23. The molecule has 19 heavy (non-hydrogen) atoms. The molecule has 0 aromatic heterocycles. The second-order valence-corrected chi connectivity index (χ2v) is 3.43. The van der Waals surface area contributed by atoms with E-state index in [-0.39, 0.29) is 12.2 Å². The van der Waals surface area contributed by atoms with Gasteiger partial charge in [-0.15, -0.1) is 0 Å². The highest BCUT2D eigenvalue weighted by molar-refractivity contribution is 5.90. The summed E-state index contributed by atoms with van der Waals surface area (Å²) in [5.74, 6) is -1.40. The van der Waals surface area contributed by atoms with E-state index in [9.17, 15) is 18.0 Å². The molecule has 0 aliphatic carbocycles. The minimum atomic E-state index is -4.75. The van der Waals surface area contributed by atoms with Gasteiger partial charge in [0.2, 0.25) is 0 Å². The van der Waals surface area contributed by atoms with Crippen molar-refractivity contribution in [3.8, 4) is 11.8 Å². The summed E-state index contributed by atoms with van der Waals surface area (Å²) >= 11 is 0. The number of carbonyl (C=O) groups is 1. The molecule has 0 unspecified atom stereocenters. The van der Waals surface area contributed by atoms with Gasteiger partial charge < -0.3 is 9.47 Å². The lowest BCUT2D eigenvalue weighted by molar-refractivity contribution is -0.139. The zero-order chi connectivity index (χ0) is 14.6. The normalized spacial score (nSPS) is 10.7. The standard InChI is InChI=1S/C12H10F3NO3/c1-3-19-11(17)7-4-8(6-16)10(12(13,14)15)9(5-7)18-2/h4-5H,3H2,1-2H3. The van der Waals surface area contributed by atoms with Gasteiger partial charge in [0.25, 0.3) is 0 Å². The first-order valence-corrected chi connectivity index (χ1v) is 5.21. The fraction of sp³-hybridized carbons (Fsp3) is 0.333. The number of ether oxygens (including phenoxy) is 2. The summed E-state index contributed by atoms with van der Waals surface area (Å²) in [4.78, 5) is 11.5. The summed E-state index contributed by atoms with van der Waals surface area (Å²) in [6.07, 6.45) is -4.75. The highest BCUT2D eigenvalue weighted by Gasteiger charge is 2.38. The quantitative estimate of drug-likeness (QED) is 0.794. The van der Waals surface area contributed by atoms with Gasteiger partial charge in [0.15, 0.2) is 0 Å². The minimum Gasteiger partial charge on any atom is -0.496 e. The molecule has 0 atom stereocenters. The lowest BCUT2D eigenvalue weighted by Gasteiger charge is -2.14. The Morgan fingerprint density at radius 1 is 1.42 bits per heavy atom. The lowest BCUT2D eigenvalue weighted by Crippen LogP contribution is -2.13. The molecule has 0 aliphatic rings. The Morgan fingerprint density at radius 2 is 2.05 bits per heavy atom. The summed E-state index contributed by atoms with van der Waals surface area (Å²) in [6, 6.07) is 3.15. The molecule has 1 rings (SSSR count). The van der Waals surface area contributed by atoms with Crippen LogP contribution in [0.3, 0.4) is 0 Å². The largest absolute Gasteiger partial charge is 0.496 e. The van der Waals surface area contributed by atoms with Crippen molar-refractivity contribution in [2.75, 3.05) is 13.7 Å². The first kappa shape index (κ1) is 14.8. The van der Waals surface area contributed by atoms with Crippen LogP contribution in [0.2, 0.25) is 0 Å². The van der Waals surface area contributed by atoms with Crippen LogP contribution < -0.4 is 4.74 Å². The Morgan fingerprint density at radius 3 is 2.47 bits per heavy atom. The van der Waals surface area contributed by atoms with Crippen molar-refractivity contribution in [2.45, 2.75) is 13.1 Å². The molecule has 1 aromatic carbocycles. The number of halogens is 3. The van der Waals surface area contributed by atoms with Crippen LogP contribution in [0.25, 0.3) is 0 Å². The van der Waals surface area contributed by atoms with Crippen LogP contribution in [0, 0.1) is 11.3 Å². The molecular weight excluding hydrogens is 263 g/mol. The van der Waals surface area contributed by atoms with Gasteiger partial charge in [-0.1, -0.05) is 0 Å². The number of benzene rings is 1. The van der Waals surface area contributed by atoms with E-state index in [1.54, 1.807) is 6.92 Å². The van der Waals surface area contributed by atoms with E-state index in [1.165, 1.54) is 6.07 Å². The van der Waals surface area contributed by atoms with E-state index in [2.05, 4.69) is 9.47 Å². The summed E-state index contributed by atoms with van der Waals surface area (Å²) in [6.45, 7) is 1.63. The van der Waals surface area contributed by atoms with Gasteiger partial charge in [-0.3, -0.25) is 0 Å². The number of esters is 1. The Bertz CT molecular complexity index is 532. The number of hydrogen-bond acceptors (Lipinski definition) is 4. The maximum atomic E-state index is 12.8. The number of methoxy groups -OCH3 is 1. The fourth-order valence-electron chi connectivity index (χ4n) is 1.49. The summed E-state index contributed by atoms with van der Waals surface area (Å²) in [5, 5.41) is 8.78. The van der Waals surface area contributed by atoms with E-state index < -0.39 is 29.0 Å². The molecule has 0 N–H and O–H groups in total. The van der Waals surface area contributed by atoms with Crippen molar-refractivity contribution >= 4 is 5.97 Å². The average Bonchev–Trinajstić information content (AvgIpc) is 2.36. The zero-order valence-corrected chi connectivity index (χ0v) is 10.2. The van der Waals surface area contributed by atoms with Gasteiger partial charge in [0.1, 0.15) is 11.3 Å². The first-order chi connectivity index (χ1) is 8.85. The van der Waals surface area contributed by atoms with Crippen LogP contribution in [-0.4, -0.2) is 19.7 Å². The summed E-state index contributed by atoms with van der Waals surface area (Å²) in [7, 11) is 1.03. The Labute approximate surface area is 107 Å². The fourth-order valence-corrected chi connectivity index (χ4v) is 1.49. The van der Waals surface area contributed by atoms with Crippen LogP contribution in [0.5, 0.6) is 5.75 Å². The number of nitrogens with zero attached hydrogens (tertiary/aromatic N) is 1. The van der Waals surface area contributed by atoms with Crippen molar-refractivity contribution < 1.29 is 27.4 Å². The van der Waals surface area contributed by atoms with E-state index >= 15 is 0 Å². The maximum Gasteiger partial charge on any atom is 0.421 e. The molecule has 102 valence electrons. The number of carbonyl (C=O) groups excluding carboxylic acids is 1. The molecule has 0 spiro atoms. The second kappa shape index (κ2) is 5.61. The minimum absolute atomic E-state index is 0.0735. The SMILES string of the molecule is CCOC(=O)c1cc(C#N)c(C(F)(F)F)c(OC)c1. The third kappa shape index (κ3) is 3.16. The average molecular weight is 273 g/mol. The molecular formula is C12H10F3NO3.